The Balaban J connectivity index is 0.000000124. The summed E-state index contributed by atoms with van der Waals surface area (Å²) in [5.74, 6) is 4.74. The lowest BCUT2D eigenvalue weighted by molar-refractivity contribution is 0.0600. The number of nitriles is 1. The Morgan fingerprint density at radius 1 is 0.386 bits per heavy atom. The SMILES string of the molecule is CN1CCN(c2ccc(C(=O)NC3CCC(Oc4cc(N5CCOCC5)cc5nccnc45)CC3)c(F)c2)CC1.COC(=O)c1cccnc1NC1CCC(Oc2cc(N3CCOCC3)cc3nccnc23)CC1.COc1cc(OC)nc(NC2CCC(Oc3cc(N4CCOCC4)cc4nccnc34)CC2)n1.N#Cc1ccc(NC2CCC(Oc3cc(N4CCOCC4)cc4nccnc34)CC2)nc1. The molecule has 734 valence electrons. The largest absolute Gasteiger partial charge is 0.488 e. The molecule has 4 saturated carbocycles. The number of likely N-dealkylation sites (N-methyl/N-ethyl adjacent to an activating group) is 1. The van der Waals surface area contributed by atoms with Gasteiger partial charge in [-0.25, -0.2) is 39.1 Å². The number of hydrogen-bond acceptors (Lipinski definition) is 35. The molecule has 1 amide bonds. The lowest BCUT2D eigenvalue weighted by Gasteiger charge is -2.34. The molecule has 5 aromatic carbocycles. The molecule has 5 saturated heterocycles. The third kappa shape index (κ3) is 25.1. The molecule has 12 aromatic rings. The average Bonchev–Trinajstić information content (AvgIpc) is 0.805. The third-order valence-electron chi connectivity index (χ3n) is 27.1. The minimum Gasteiger partial charge on any atom is -0.488 e. The lowest BCUT2D eigenvalue weighted by atomic mass is 9.92. The number of nitrogens with one attached hydrogen (secondary N) is 4. The van der Waals surface area contributed by atoms with E-state index < -0.39 is 5.82 Å². The van der Waals surface area contributed by atoms with E-state index in [0.717, 1.165) is 322 Å². The number of nitrogens with zero attached hydrogens (tertiary/aromatic N) is 19. The van der Waals surface area contributed by atoms with Gasteiger partial charge in [0.1, 0.15) is 74.2 Å². The first kappa shape index (κ1) is 96.5. The number of fused-ring (bicyclic) bond motifs is 4. The maximum Gasteiger partial charge on any atom is 0.341 e. The topological polar surface area (TPSA) is 382 Å². The van der Waals surface area contributed by atoms with E-state index in [0.29, 0.717) is 53.9 Å². The molecule has 9 aliphatic rings. The summed E-state index contributed by atoms with van der Waals surface area (Å²) in [5, 5.41) is 22.3. The second-order valence-corrected chi connectivity index (χ2v) is 36.3. The van der Waals surface area contributed by atoms with Crippen LogP contribution in [0, 0.1) is 17.1 Å². The Morgan fingerprint density at radius 3 is 1.14 bits per heavy atom. The number of ether oxygens (including phenoxy) is 11. The van der Waals surface area contributed by atoms with Crippen molar-refractivity contribution in [2.45, 2.75) is 151 Å². The van der Waals surface area contributed by atoms with Gasteiger partial charge in [-0.1, -0.05) is 0 Å². The van der Waals surface area contributed by atoms with Crippen LogP contribution in [0.4, 0.5) is 50.4 Å². The monoisotopic (exact) mass is 1910 g/mol. The van der Waals surface area contributed by atoms with Gasteiger partial charge < -0.3 is 103 Å². The standard InChI is InChI=1S/C30H37FN6O3.C25H29N5O4.C24H30N6O4.C24H26N6O2/c1-35-10-12-36(13-11-35)22-4-7-25(26(31)18-22)30(38)34-21-2-5-24(6-3-21)40-28-20-23(37-14-16-39-17-15-37)19-27-29(28)33-9-8-32-27;1-32-25(31)20-3-2-8-28-24(20)29-17-4-6-19(7-5-17)34-22-16-18(30-11-13-33-14-12-30)15-21-23(22)27-10-9-26-21;1-31-21-15-22(32-2)29-24(28-21)27-16-3-5-18(6-4-16)34-20-14-17(30-9-11-33-12-10-30)13-19-23(20)26-8-7-25-19;25-15-17-1-6-23(28-16-17)29-18-2-4-20(5-3-18)32-22-14-19(30-9-11-31-12-10-30)13-21-24(22)27-8-7-26-21/h4,7-9,18-21,24H,2-3,5-6,10-17H2,1H3,(H,34,38);2-3,8-10,15-17,19H,4-7,11-14H2,1H3,(H,28,29);7-8,13-16,18H,3-6,9-12H2,1-2H3,(H,27,28,29);1,6-8,13-14,16,18,20H,2-5,9-12H2,(H,28,29). The summed E-state index contributed by atoms with van der Waals surface area (Å²) in [7, 11) is 6.63. The van der Waals surface area contributed by atoms with Crippen LogP contribution in [0.1, 0.15) is 129 Å². The molecule has 0 spiro atoms. The molecule has 5 aliphatic heterocycles. The van der Waals surface area contributed by atoms with Crippen LogP contribution in [0.25, 0.3) is 44.1 Å². The minimum atomic E-state index is -0.473. The summed E-state index contributed by atoms with van der Waals surface area (Å²) >= 11 is 0. The highest BCUT2D eigenvalue weighted by Gasteiger charge is 2.33. The molecule has 4 N–H and O–H groups in total. The number of methoxy groups -OCH3 is 3. The van der Waals surface area contributed by atoms with Crippen LogP contribution >= 0.6 is 0 Å². The number of morpholine rings is 4. The summed E-state index contributed by atoms with van der Waals surface area (Å²) in [6.45, 7) is 16.2. The van der Waals surface area contributed by atoms with E-state index >= 15 is 0 Å². The third-order valence-corrected chi connectivity index (χ3v) is 27.1. The number of amides is 1. The average molecular weight is 1910 g/mol. The van der Waals surface area contributed by atoms with E-state index in [4.69, 9.17) is 57.4 Å². The molecule has 4 aliphatic carbocycles. The molecule has 0 atom stereocenters. The highest BCUT2D eigenvalue weighted by atomic mass is 19.1. The second-order valence-electron chi connectivity index (χ2n) is 36.3. The smallest absolute Gasteiger partial charge is 0.341 e. The number of pyridine rings is 2. The molecule has 0 radical (unpaired) electrons. The van der Waals surface area contributed by atoms with E-state index in [9.17, 15) is 14.0 Å². The van der Waals surface area contributed by atoms with Crippen LogP contribution in [0.5, 0.6) is 34.8 Å². The molecule has 0 unspecified atom stereocenters. The van der Waals surface area contributed by atoms with Crippen LogP contribution < -0.4 is 74.2 Å². The van der Waals surface area contributed by atoms with Crippen LogP contribution in [0.15, 0.2) is 159 Å². The fourth-order valence-corrected chi connectivity index (χ4v) is 19.3. The molecule has 12 heterocycles. The molecule has 37 heteroatoms. The van der Waals surface area contributed by atoms with E-state index in [2.05, 4.69) is 172 Å². The Kier molecular flexibility index (Phi) is 32.5. The maximum absolute atomic E-state index is 14.9. The van der Waals surface area contributed by atoms with E-state index in [1.807, 2.05) is 12.1 Å². The van der Waals surface area contributed by atoms with Crippen LogP contribution in [-0.2, 0) is 23.7 Å². The van der Waals surface area contributed by atoms with Crippen molar-refractivity contribution in [2.24, 2.45) is 0 Å². The van der Waals surface area contributed by atoms with Crippen molar-refractivity contribution < 1.29 is 66.1 Å². The Hall–Kier alpha value is -13.8. The Bertz CT molecular complexity index is 6150. The van der Waals surface area contributed by atoms with E-state index in [1.165, 1.54) is 13.2 Å². The number of hydrogen-bond donors (Lipinski definition) is 4. The van der Waals surface area contributed by atoms with Gasteiger partial charge in [0.15, 0.2) is 0 Å². The second kappa shape index (κ2) is 47.2. The van der Waals surface area contributed by atoms with Crippen molar-refractivity contribution in [3.63, 3.8) is 0 Å². The summed E-state index contributed by atoms with van der Waals surface area (Å²) < 4.78 is 78.3. The highest BCUT2D eigenvalue weighted by Crippen LogP contribution is 2.40. The fraction of sp³-hybridized carbons (Fsp3) is 0.466. The molecule has 36 nitrogen and oxygen atoms in total. The molecule has 140 heavy (non-hydrogen) atoms. The van der Waals surface area contributed by atoms with Crippen molar-refractivity contribution >= 4 is 102 Å². The van der Waals surface area contributed by atoms with Crippen LogP contribution in [-0.4, -0.2) is 285 Å². The predicted molar refractivity (Wildman–Crippen MR) is 531 cm³/mol. The first-order valence-corrected chi connectivity index (χ1v) is 48.9. The number of anilines is 8. The number of aromatic nitrogens is 12. The van der Waals surface area contributed by atoms with Gasteiger partial charge in [0.25, 0.3) is 5.91 Å². The van der Waals surface area contributed by atoms with Gasteiger partial charge in [0, 0.05) is 217 Å². The predicted octanol–water partition coefficient (Wildman–Crippen LogP) is 13.5. The molecular weight excluding hydrogens is 1790 g/mol. The van der Waals surface area contributed by atoms with Gasteiger partial charge in [-0.05, 0) is 177 Å². The zero-order valence-corrected chi connectivity index (χ0v) is 79.8. The molecule has 21 rings (SSSR count). The zero-order chi connectivity index (χ0) is 95.9. The first-order chi connectivity index (χ1) is 68.7. The van der Waals surface area contributed by atoms with Crippen molar-refractivity contribution in [3.05, 3.63) is 182 Å². The van der Waals surface area contributed by atoms with Gasteiger partial charge in [-0.3, -0.25) is 24.7 Å². The molecule has 0 bridgehead atoms. The first-order valence-electron chi connectivity index (χ1n) is 48.9. The zero-order valence-electron chi connectivity index (χ0n) is 79.8. The van der Waals surface area contributed by atoms with Crippen molar-refractivity contribution in [1.82, 2.24) is 70.0 Å². The van der Waals surface area contributed by atoms with Crippen LogP contribution in [0.2, 0.25) is 0 Å². The minimum absolute atomic E-state index is 0.0119. The van der Waals surface area contributed by atoms with Crippen molar-refractivity contribution in [2.75, 3.05) is 200 Å². The number of piperazine rings is 1. The van der Waals surface area contributed by atoms with E-state index in [-0.39, 0.29) is 60.0 Å². The normalized spacial score (nSPS) is 21.3. The fourth-order valence-electron chi connectivity index (χ4n) is 19.3. The van der Waals surface area contributed by atoms with Crippen molar-refractivity contribution in [1.29, 1.82) is 5.26 Å². The number of carbonyl (C=O) groups excluding carboxylic acids is 2. The van der Waals surface area contributed by atoms with Gasteiger partial charge in [-0.2, -0.15) is 15.2 Å². The Labute approximate surface area is 813 Å². The van der Waals surface area contributed by atoms with E-state index in [1.54, 1.807) is 107 Å². The number of esters is 1. The van der Waals surface area contributed by atoms with Gasteiger partial charge >= 0.3 is 5.97 Å². The lowest BCUT2D eigenvalue weighted by Crippen LogP contribution is -2.44. The Morgan fingerprint density at radius 2 is 0.764 bits per heavy atom. The van der Waals surface area contributed by atoms with Gasteiger partial charge in [0.2, 0.25) is 17.7 Å². The summed E-state index contributed by atoms with van der Waals surface area (Å²) in [4.78, 5) is 92.3. The molecular formula is C103H122FN23O13. The quantitative estimate of drug-likeness (QED) is 0.0408. The number of halogens is 1. The number of rotatable bonds is 24. The van der Waals surface area contributed by atoms with Gasteiger partial charge in [-0.15, -0.1) is 0 Å². The molecule has 7 aromatic heterocycles. The summed E-state index contributed by atoms with van der Waals surface area (Å²) in [5.41, 5.74) is 12.8. The summed E-state index contributed by atoms with van der Waals surface area (Å²) in [6, 6.07) is 33.3. The summed E-state index contributed by atoms with van der Waals surface area (Å²) in [6.07, 6.45) is 31.7. The van der Waals surface area contributed by atoms with Gasteiger partial charge in [0.05, 0.1) is 138 Å². The van der Waals surface area contributed by atoms with Crippen molar-refractivity contribution in [3.8, 4) is 40.8 Å². The number of benzene rings is 5. The molecule has 9 fully saturated rings. The van der Waals surface area contributed by atoms with Crippen LogP contribution in [0.3, 0.4) is 0 Å². The highest BCUT2D eigenvalue weighted by molar-refractivity contribution is 5.96. The maximum atomic E-state index is 14.9. The number of carbonyl (C=O) groups is 2.